The predicted octanol–water partition coefficient (Wildman–Crippen LogP) is 1.95. The van der Waals surface area contributed by atoms with Crippen LogP contribution < -0.4 is 4.74 Å². The van der Waals surface area contributed by atoms with Gasteiger partial charge in [-0.05, 0) is 6.07 Å². The summed E-state index contributed by atoms with van der Waals surface area (Å²) in [6.07, 6.45) is 0. The number of hydrogen-bond acceptors (Lipinski definition) is 2. The number of para-hydroxylation sites is 1. The zero-order valence-electron chi connectivity index (χ0n) is 7.42. The van der Waals surface area contributed by atoms with Gasteiger partial charge in [0.25, 0.3) is 0 Å². The summed E-state index contributed by atoms with van der Waals surface area (Å²) in [6.45, 7) is 1.10. The summed E-state index contributed by atoms with van der Waals surface area (Å²) < 4.78 is 23.4. The topological polar surface area (TPSA) is 18.5 Å². The molecule has 1 aromatic carbocycles. The number of methoxy groups -OCH3 is 1. The Hall–Kier alpha value is -1.09. The number of benzene rings is 1. The van der Waals surface area contributed by atoms with Crippen LogP contribution in [-0.4, -0.2) is 20.3 Å². The molecule has 1 aliphatic heterocycles. The van der Waals surface area contributed by atoms with Crippen molar-refractivity contribution in [2.24, 2.45) is 0 Å². The van der Waals surface area contributed by atoms with Crippen LogP contribution in [0, 0.1) is 5.82 Å². The first kappa shape index (κ1) is 8.51. The molecule has 0 fully saturated rings. The first-order chi connectivity index (χ1) is 6.33. The van der Waals surface area contributed by atoms with Crippen LogP contribution in [0.1, 0.15) is 11.5 Å². The molecular formula is C10H11FO2. The van der Waals surface area contributed by atoms with Crippen molar-refractivity contribution in [1.29, 1.82) is 0 Å². The summed E-state index contributed by atoms with van der Waals surface area (Å²) in [5, 5.41) is 0. The van der Waals surface area contributed by atoms with Crippen molar-refractivity contribution in [1.82, 2.24) is 0 Å². The quantitative estimate of drug-likeness (QED) is 0.696. The summed E-state index contributed by atoms with van der Waals surface area (Å²) in [4.78, 5) is 0. The van der Waals surface area contributed by atoms with Gasteiger partial charge in [-0.3, -0.25) is 0 Å². The van der Waals surface area contributed by atoms with Gasteiger partial charge in [-0.15, -0.1) is 0 Å². The smallest absolute Gasteiger partial charge is 0.165 e. The van der Waals surface area contributed by atoms with Crippen LogP contribution in [0.3, 0.4) is 0 Å². The van der Waals surface area contributed by atoms with Crippen molar-refractivity contribution >= 4 is 0 Å². The van der Waals surface area contributed by atoms with Crippen LogP contribution in [0.25, 0.3) is 0 Å². The first-order valence-corrected chi connectivity index (χ1v) is 4.23. The minimum absolute atomic E-state index is 0.177. The Morgan fingerprint density at radius 1 is 1.62 bits per heavy atom. The van der Waals surface area contributed by atoms with Gasteiger partial charge in [-0.2, -0.15) is 0 Å². The average molecular weight is 182 g/mol. The van der Waals surface area contributed by atoms with Gasteiger partial charge in [0.15, 0.2) is 11.6 Å². The Kier molecular flexibility index (Phi) is 2.19. The molecule has 0 aromatic heterocycles. The lowest BCUT2D eigenvalue weighted by Crippen LogP contribution is -2.07. The van der Waals surface area contributed by atoms with Crippen LogP contribution in [-0.2, 0) is 4.74 Å². The maximum absolute atomic E-state index is 13.1. The predicted molar refractivity (Wildman–Crippen MR) is 46.5 cm³/mol. The molecule has 0 saturated heterocycles. The van der Waals surface area contributed by atoms with Crippen LogP contribution >= 0.6 is 0 Å². The van der Waals surface area contributed by atoms with E-state index >= 15 is 0 Å². The van der Waals surface area contributed by atoms with E-state index in [1.807, 2.05) is 6.07 Å². The van der Waals surface area contributed by atoms with Crippen molar-refractivity contribution in [3.63, 3.8) is 0 Å². The number of rotatable bonds is 2. The third-order valence-corrected chi connectivity index (χ3v) is 2.23. The average Bonchev–Trinajstić information content (AvgIpc) is 2.51. The van der Waals surface area contributed by atoms with E-state index in [-0.39, 0.29) is 11.7 Å². The molecule has 0 unspecified atom stereocenters. The Morgan fingerprint density at radius 3 is 3.23 bits per heavy atom. The van der Waals surface area contributed by atoms with Gasteiger partial charge >= 0.3 is 0 Å². The molecule has 0 spiro atoms. The fourth-order valence-electron chi connectivity index (χ4n) is 1.61. The highest BCUT2D eigenvalue weighted by Gasteiger charge is 2.26. The molecule has 0 N–H and O–H groups in total. The van der Waals surface area contributed by atoms with Crippen molar-refractivity contribution in [2.75, 3.05) is 20.3 Å². The molecule has 0 bridgehead atoms. The molecule has 13 heavy (non-hydrogen) atoms. The van der Waals surface area contributed by atoms with E-state index in [1.165, 1.54) is 6.07 Å². The zero-order chi connectivity index (χ0) is 9.26. The number of halogens is 1. The molecule has 2 nitrogen and oxygen atoms in total. The Bertz CT molecular complexity index is 312. The van der Waals surface area contributed by atoms with E-state index in [0.717, 1.165) is 5.56 Å². The van der Waals surface area contributed by atoms with Gasteiger partial charge in [0.1, 0.15) is 0 Å². The monoisotopic (exact) mass is 182 g/mol. The molecule has 1 atom stereocenters. The third kappa shape index (κ3) is 1.40. The summed E-state index contributed by atoms with van der Waals surface area (Å²) >= 11 is 0. The number of fused-ring (bicyclic) bond motifs is 1. The van der Waals surface area contributed by atoms with Gasteiger partial charge < -0.3 is 9.47 Å². The highest BCUT2D eigenvalue weighted by Crippen LogP contribution is 2.35. The summed E-state index contributed by atoms with van der Waals surface area (Å²) in [5.41, 5.74) is 0.918. The van der Waals surface area contributed by atoms with Gasteiger partial charge in [0.2, 0.25) is 0 Å². The van der Waals surface area contributed by atoms with E-state index in [0.29, 0.717) is 19.0 Å². The van der Waals surface area contributed by atoms with E-state index in [4.69, 9.17) is 9.47 Å². The SMILES string of the molecule is COC[C@@H]1COc2c(F)cccc21. The molecule has 2 rings (SSSR count). The van der Waals surface area contributed by atoms with E-state index in [2.05, 4.69) is 0 Å². The fourth-order valence-corrected chi connectivity index (χ4v) is 1.61. The molecule has 70 valence electrons. The van der Waals surface area contributed by atoms with E-state index < -0.39 is 0 Å². The molecule has 0 saturated carbocycles. The summed E-state index contributed by atoms with van der Waals surface area (Å²) in [6, 6.07) is 4.99. The minimum atomic E-state index is -0.281. The molecule has 1 heterocycles. The second kappa shape index (κ2) is 3.34. The highest BCUT2D eigenvalue weighted by atomic mass is 19.1. The summed E-state index contributed by atoms with van der Waals surface area (Å²) in [5.74, 6) is 0.288. The molecule has 0 aliphatic carbocycles. The van der Waals surface area contributed by atoms with Crippen molar-refractivity contribution < 1.29 is 13.9 Å². The second-order valence-electron chi connectivity index (χ2n) is 3.12. The maximum atomic E-state index is 13.1. The molecule has 0 radical (unpaired) electrons. The largest absolute Gasteiger partial charge is 0.489 e. The highest BCUT2D eigenvalue weighted by molar-refractivity contribution is 5.40. The number of ether oxygens (including phenoxy) is 2. The van der Waals surface area contributed by atoms with Gasteiger partial charge in [-0.25, -0.2) is 4.39 Å². The molecular weight excluding hydrogens is 171 g/mol. The fraction of sp³-hybridized carbons (Fsp3) is 0.400. The maximum Gasteiger partial charge on any atom is 0.165 e. The van der Waals surface area contributed by atoms with Gasteiger partial charge in [-0.1, -0.05) is 12.1 Å². The minimum Gasteiger partial charge on any atom is -0.489 e. The Labute approximate surface area is 76.3 Å². The molecule has 1 aliphatic rings. The van der Waals surface area contributed by atoms with Crippen LogP contribution in [0.4, 0.5) is 4.39 Å². The lowest BCUT2D eigenvalue weighted by Gasteiger charge is -2.05. The Morgan fingerprint density at radius 2 is 2.46 bits per heavy atom. The van der Waals surface area contributed by atoms with Gasteiger partial charge in [0.05, 0.1) is 13.2 Å². The van der Waals surface area contributed by atoms with Crippen LogP contribution in [0.15, 0.2) is 18.2 Å². The van der Waals surface area contributed by atoms with E-state index in [1.54, 1.807) is 13.2 Å². The van der Waals surface area contributed by atoms with Crippen LogP contribution in [0.2, 0.25) is 0 Å². The zero-order valence-corrected chi connectivity index (χ0v) is 7.42. The molecule has 0 amide bonds. The molecule has 3 heteroatoms. The van der Waals surface area contributed by atoms with Gasteiger partial charge in [0, 0.05) is 18.6 Å². The first-order valence-electron chi connectivity index (χ1n) is 4.23. The van der Waals surface area contributed by atoms with Crippen molar-refractivity contribution in [3.05, 3.63) is 29.6 Å². The lowest BCUT2D eigenvalue weighted by atomic mass is 10.0. The van der Waals surface area contributed by atoms with Crippen molar-refractivity contribution in [2.45, 2.75) is 5.92 Å². The normalized spacial score (nSPS) is 19.7. The Balaban J connectivity index is 2.32. The number of hydrogen-bond donors (Lipinski definition) is 0. The standard InChI is InChI=1S/C10H11FO2/c1-12-5-7-6-13-10-8(7)3-2-4-9(10)11/h2-4,7H,5-6H2,1H3/t7-/m1/s1. The second-order valence-corrected chi connectivity index (χ2v) is 3.12. The third-order valence-electron chi connectivity index (χ3n) is 2.23. The lowest BCUT2D eigenvalue weighted by molar-refractivity contribution is 0.165. The van der Waals surface area contributed by atoms with Crippen molar-refractivity contribution in [3.8, 4) is 5.75 Å². The van der Waals surface area contributed by atoms with E-state index in [9.17, 15) is 4.39 Å². The van der Waals surface area contributed by atoms with Crippen LogP contribution in [0.5, 0.6) is 5.75 Å². The summed E-state index contributed by atoms with van der Waals surface area (Å²) in [7, 11) is 1.64. The molecule has 1 aromatic rings.